The van der Waals surface area contributed by atoms with Crippen molar-refractivity contribution >= 4 is 29.4 Å². The Balaban J connectivity index is 1.54. The number of nitrogens with zero attached hydrogens (tertiary/aromatic N) is 1. The minimum absolute atomic E-state index is 0.383. The molecule has 2 N–H and O–H groups in total. The highest BCUT2D eigenvalue weighted by molar-refractivity contribution is 7.97. The first-order valence-electron chi connectivity index (χ1n) is 7.55. The second-order valence-corrected chi connectivity index (χ2v) is 6.51. The first-order chi connectivity index (χ1) is 11.2. The Morgan fingerprint density at radius 1 is 1.00 bits per heavy atom. The van der Waals surface area contributed by atoms with E-state index in [1.165, 1.54) is 25.0 Å². The van der Waals surface area contributed by atoms with Crippen molar-refractivity contribution in [3.63, 3.8) is 0 Å². The lowest BCUT2D eigenvalue weighted by Crippen LogP contribution is -2.19. The number of carbonyl (C=O) groups is 1. The average Bonchev–Trinajstić information content (AvgIpc) is 3.02. The number of nitrogens with one attached hydrogen (secondary N) is 2. The molecule has 6 heteroatoms. The van der Waals surface area contributed by atoms with Gasteiger partial charge in [-0.05, 0) is 67.3 Å². The lowest BCUT2D eigenvalue weighted by Gasteiger charge is -2.13. The van der Waals surface area contributed by atoms with Crippen LogP contribution in [0.3, 0.4) is 0 Å². The minimum atomic E-state index is -0.393. The van der Waals surface area contributed by atoms with E-state index in [-0.39, 0.29) is 5.82 Å². The van der Waals surface area contributed by atoms with E-state index in [0.29, 0.717) is 11.4 Å². The van der Waals surface area contributed by atoms with Crippen LogP contribution in [-0.4, -0.2) is 23.4 Å². The molecule has 2 amide bonds. The monoisotopic (exact) mass is 331 g/mol. The predicted octanol–water partition coefficient (Wildman–Crippen LogP) is 4.57. The minimum Gasteiger partial charge on any atom is -0.308 e. The molecule has 1 saturated heterocycles. The molecule has 0 aliphatic carbocycles. The summed E-state index contributed by atoms with van der Waals surface area (Å²) in [6.45, 7) is 2.25. The summed E-state index contributed by atoms with van der Waals surface area (Å²) < 4.78 is 15.4. The zero-order valence-electron chi connectivity index (χ0n) is 12.6. The van der Waals surface area contributed by atoms with Crippen LogP contribution in [0.4, 0.5) is 20.6 Å². The molecule has 0 bridgehead atoms. The Bertz CT molecular complexity index is 672. The summed E-state index contributed by atoms with van der Waals surface area (Å²) in [5.74, 6) is -0.383. The van der Waals surface area contributed by atoms with E-state index in [2.05, 4.69) is 14.9 Å². The number of hydrogen-bond acceptors (Lipinski definition) is 3. The molecule has 1 heterocycles. The van der Waals surface area contributed by atoms with E-state index in [0.717, 1.165) is 18.0 Å². The van der Waals surface area contributed by atoms with Gasteiger partial charge in [-0.15, -0.1) is 0 Å². The number of hydrogen-bond donors (Lipinski definition) is 2. The van der Waals surface area contributed by atoms with E-state index in [4.69, 9.17) is 0 Å². The molecule has 0 saturated carbocycles. The second-order valence-electron chi connectivity index (χ2n) is 5.34. The van der Waals surface area contributed by atoms with Gasteiger partial charge in [0.15, 0.2) is 0 Å². The van der Waals surface area contributed by atoms with Crippen LogP contribution >= 0.6 is 11.9 Å². The molecule has 120 valence electrons. The van der Waals surface area contributed by atoms with Crippen molar-refractivity contribution in [2.75, 3.05) is 23.7 Å². The van der Waals surface area contributed by atoms with Crippen molar-refractivity contribution < 1.29 is 9.18 Å². The van der Waals surface area contributed by atoms with Gasteiger partial charge >= 0.3 is 6.03 Å². The van der Waals surface area contributed by atoms with Gasteiger partial charge in [0.05, 0.1) is 0 Å². The quantitative estimate of drug-likeness (QED) is 0.807. The van der Waals surface area contributed by atoms with Crippen LogP contribution in [0, 0.1) is 5.82 Å². The third-order valence-corrected chi connectivity index (χ3v) is 4.60. The summed E-state index contributed by atoms with van der Waals surface area (Å²) in [5, 5.41) is 5.34. The molecule has 3 rings (SSSR count). The first kappa shape index (κ1) is 15.8. The molecule has 4 nitrogen and oxygen atoms in total. The van der Waals surface area contributed by atoms with E-state index in [1.807, 2.05) is 24.3 Å². The number of benzene rings is 2. The van der Waals surface area contributed by atoms with Crippen LogP contribution in [0.1, 0.15) is 12.8 Å². The number of amides is 2. The maximum absolute atomic E-state index is 13.1. The lowest BCUT2D eigenvalue weighted by atomic mass is 10.3. The molecule has 0 radical (unpaired) electrons. The van der Waals surface area contributed by atoms with E-state index in [9.17, 15) is 9.18 Å². The zero-order valence-corrected chi connectivity index (χ0v) is 13.4. The fourth-order valence-corrected chi connectivity index (χ4v) is 3.38. The number of halogens is 1. The van der Waals surface area contributed by atoms with E-state index < -0.39 is 6.03 Å². The van der Waals surface area contributed by atoms with Crippen LogP contribution in [0.15, 0.2) is 53.4 Å². The van der Waals surface area contributed by atoms with Crippen molar-refractivity contribution in [2.45, 2.75) is 17.7 Å². The summed E-state index contributed by atoms with van der Waals surface area (Å²) in [4.78, 5) is 13.1. The van der Waals surface area contributed by atoms with E-state index >= 15 is 0 Å². The Kier molecular flexibility index (Phi) is 5.15. The topological polar surface area (TPSA) is 44.4 Å². The van der Waals surface area contributed by atoms with Crippen LogP contribution in [0.5, 0.6) is 0 Å². The van der Waals surface area contributed by atoms with Crippen LogP contribution < -0.4 is 10.6 Å². The molecule has 2 aromatic carbocycles. The van der Waals surface area contributed by atoms with Gasteiger partial charge < -0.3 is 10.6 Å². The number of urea groups is 1. The SMILES string of the molecule is O=C(Nc1ccc(SN2CCCC2)cc1)Nc1cccc(F)c1. The third-order valence-electron chi connectivity index (χ3n) is 3.49. The highest BCUT2D eigenvalue weighted by atomic mass is 32.2. The third kappa shape index (κ3) is 4.71. The molecule has 2 aromatic rings. The van der Waals surface area contributed by atoms with Gasteiger partial charge in [0, 0.05) is 29.4 Å². The molecule has 1 fully saturated rings. The number of anilines is 2. The molecule has 0 atom stereocenters. The van der Waals surface area contributed by atoms with Crippen LogP contribution in [0.25, 0.3) is 0 Å². The number of rotatable bonds is 4. The maximum Gasteiger partial charge on any atom is 0.323 e. The summed E-state index contributed by atoms with van der Waals surface area (Å²) >= 11 is 1.75. The molecule has 0 unspecified atom stereocenters. The molecule has 1 aliphatic rings. The van der Waals surface area contributed by atoms with Gasteiger partial charge in [0.2, 0.25) is 0 Å². The summed E-state index contributed by atoms with van der Waals surface area (Å²) in [7, 11) is 0. The van der Waals surface area contributed by atoms with Crippen molar-refractivity contribution in [1.29, 1.82) is 0 Å². The summed E-state index contributed by atoms with van der Waals surface area (Å²) in [6, 6.07) is 13.1. The van der Waals surface area contributed by atoms with Gasteiger partial charge in [-0.3, -0.25) is 0 Å². The molecular formula is C17H18FN3OS. The average molecular weight is 331 g/mol. The van der Waals surface area contributed by atoms with Crippen LogP contribution in [0.2, 0.25) is 0 Å². The van der Waals surface area contributed by atoms with Gasteiger partial charge in [-0.1, -0.05) is 6.07 Å². The van der Waals surface area contributed by atoms with Crippen molar-refractivity contribution in [1.82, 2.24) is 4.31 Å². The Morgan fingerprint density at radius 2 is 1.70 bits per heavy atom. The van der Waals surface area contributed by atoms with Gasteiger partial charge in [0.1, 0.15) is 5.82 Å². The van der Waals surface area contributed by atoms with Gasteiger partial charge in [-0.2, -0.15) is 0 Å². The zero-order chi connectivity index (χ0) is 16.1. The highest BCUT2D eigenvalue weighted by Crippen LogP contribution is 2.27. The molecule has 0 spiro atoms. The fourth-order valence-electron chi connectivity index (χ4n) is 2.39. The summed E-state index contributed by atoms with van der Waals surface area (Å²) in [6.07, 6.45) is 2.51. The van der Waals surface area contributed by atoms with Crippen molar-refractivity contribution in [2.24, 2.45) is 0 Å². The fraction of sp³-hybridized carbons (Fsp3) is 0.235. The predicted molar refractivity (Wildman–Crippen MR) is 92.1 cm³/mol. The van der Waals surface area contributed by atoms with E-state index in [1.54, 1.807) is 24.1 Å². The highest BCUT2D eigenvalue weighted by Gasteiger charge is 2.12. The Morgan fingerprint density at radius 3 is 2.39 bits per heavy atom. The molecular weight excluding hydrogens is 313 g/mol. The van der Waals surface area contributed by atoms with Gasteiger partial charge in [0.25, 0.3) is 0 Å². The summed E-state index contributed by atoms with van der Waals surface area (Å²) in [5.41, 5.74) is 1.12. The first-order valence-corrected chi connectivity index (χ1v) is 8.33. The molecule has 0 aromatic heterocycles. The molecule has 1 aliphatic heterocycles. The second kappa shape index (κ2) is 7.48. The lowest BCUT2D eigenvalue weighted by molar-refractivity contribution is 0.262. The van der Waals surface area contributed by atoms with Crippen LogP contribution in [-0.2, 0) is 0 Å². The smallest absolute Gasteiger partial charge is 0.308 e. The Labute approximate surface area is 139 Å². The molecule has 23 heavy (non-hydrogen) atoms. The Hall–Kier alpha value is -2.05. The van der Waals surface area contributed by atoms with Crippen molar-refractivity contribution in [3.05, 3.63) is 54.3 Å². The standard InChI is InChI=1S/C17H18FN3OS/c18-13-4-3-5-15(12-13)20-17(22)19-14-6-8-16(9-7-14)23-21-10-1-2-11-21/h3-9,12H,1-2,10-11H2,(H2,19,20,22). The van der Waals surface area contributed by atoms with Gasteiger partial charge in [-0.25, -0.2) is 13.5 Å². The normalized spacial score (nSPS) is 14.7. The van der Waals surface area contributed by atoms with Crippen molar-refractivity contribution in [3.8, 4) is 0 Å². The largest absolute Gasteiger partial charge is 0.323 e. The maximum atomic E-state index is 13.1. The number of carbonyl (C=O) groups excluding carboxylic acids is 1.